The average Bonchev–Trinajstić information content (AvgIpc) is 2.34. The number of nitriles is 1. The first-order valence-corrected chi connectivity index (χ1v) is 6.80. The van der Waals surface area contributed by atoms with Crippen LogP contribution in [0.1, 0.15) is 12.8 Å². The van der Waals surface area contributed by atoms with Crippen LogP contribution in [0.2, 0.25) is 0 Å². The van der Waals surface area contributed by atoms with Crippen LogP contribution in [0.3, 0.4) is 0 Å². The van der Waals surface area contributed by atoms with Gasteiger partial charge in [0.25, 0.3) is 0 Å². The van der Waals surface area contributed by atoms with E-state index >= 15 is 0 Å². The molecule has 1 heterocycles. The van der Waals surface area contributed by atoms with Gasteiger partial charge in [0, 0.05) is 51.2 Å². The lowest BCUT2D eigenvalue weighted by molar-refractivity contribution is -0.130. The van der Waals surface area contributed by atoms with E-state index in [0.29, 0.717) is 19.4 Å². The van der Waals surface area contributed by atoms with Crippen molar-refractivity contribution in [1.29, 1.82) is 5.26 Å². The van der Waals surface area contributed by atoms with Crippen molar-refractivity contribution in [2.45, 2.75) is 12.8 Å². The molecule has 1 fully saturated rings. The highest BCUT2D eigenvalue weighted by Gasteiger charge is 2.13. The van der Waals surface area contributed by atoms with Gasteiger partial charge in [0.05, 0.1) is 12.5 Å². The number of hydrogen-bond donors (Lipinski definition) is 0. The van der Waals surface area contributed by atoms with Gasteiger partial charge in [0.15, 0.2) is 0 Å². The highest BCUT2D eigenvalue weighted by molar-refractivity contribution is 7.99. The molecule has 1 aliphatic rings. The van der Waals surface area contributed by atoms with Crippen molar-refractivity contribution < 1.29 is 4.79 Å². The third-order valence-electron chi connectivity index (χ3n) is 2.73. The lowest BCUT2D eigenvalue weighted by Gasteiger charge is -2.26. The number of thioether (sulfide) groups is 1. The van der Waals surface area contributed by atoms with Crippen LogP contribution in [0, 0.1) is 11.3 Å². The van der Waals surface area contributed by atoms with E-state index in [1.807, 2.05) is 11.8 Å². The molecule has 0 atom stereocenters. The monoisotopic (exact) mass is 241 g/mol. The number of nitrogens with zero attached hydrogens (tertiary/aromatic N) is 3. The minimum atomic E-state index is 0.147. The molecule has 0 radical (unpaired) electrons. The fourth-order valence-corrected chi connectivity index (χ4v) is 2.59. The molecule has 1 saturated heterocycles. The van der Waals surface area contributed by atoms with E-state index in [9.17, 15) is 4.79 Å². The van der Waals surface area contributed by atoms with E-state index < -0.39 is 0 Å². The highest BCUT2D eigenvalue weighted by atomic mass is 32.2. The van der Waals surface area contributed by atoms with Crippen molar-refractivity contribution in [2.24, 2.45) is 0 Å². The van der Waals surface area contributed by atoms with Gasteiger partial charge < -0.3 is 9.80 Å². The Morgan fingerprint density at radius 2 is 2.19 bits per heavy atom. The molecule has 1 aliphatic heterocycles. The summed E-state index contributed by atoms with van der Waals surface area (Å²) in [5, 5.41) is 8.43. The molecule has 1 amide bonds. The molecular weight excluding hydrogens is 222 g/mol. The second-order valence-electron chi connectivity index (χ2n) is 3.93. The van der Waals surface area contributed by atoms with E-state index in [2.05, 4.69) is 11.0 Å². The Morgan fingerprint density at radius 3 is 2.81 bits per heavy atom. The molecule has 0 aromatic carbocycles. The van der Waals surface area contributed by atoms with Gasteiger partial charge in [-0.05, 0) is 0 Å². The zero-order valence-electron chi connectivity index (χ0n) is 9.81. The first kappa shape index (κ1) is 13.3. The van der Waals surface area contributed by atoms with E-state index in [-0.39, 0.29) is 5.91 Å². The maximum atomic E-state index is 11.7. The van der Waals surface area contributed by atoms with Crippen LogP contribution in [-0.4, -0.2) is 60.4 Å². The van der Waals surface area contributed by atoms with E-state index in [1.54, 1.807) is 11.9 Å². The van der Waals surface area contributed by atoms with Gasteiger partial charge >= 0.3 is 0 Å². The average molecular weight is 241 g/mol. The van der Waals surface area contributed by atoms with Gasteiger partial charge in [-0.25, -0.2) is 0 Å². The molecular formula is C11H19N3OS. The second-order valence-corrected chi connectivity index (χ2v) is 5.15. The molecule has 0 unspecified atom stereocenters. The molecule has 0 aliphatic carbocycles. The van der Waals surface area contributed by atoms with Gasteiger partial charge in [-0.2, -0.15) is 17.0 Å². The van der Waals surface area contributed by atoms with Crippen molar-refractivity contribution in [3.63, 3.8) is 0 Å². The molecule has 0 aromatic heterocycles. The molecule has 4 nitrogen and oxygen atoms in total. The molecule has 0 aromatic rings. The number of carbonyl (C=O) groups is 1. The standard InChI is InChI=1S/C11H19N3OS/c1-13(5-2-4-12)11(15)3-6-14-7-9-16-10-8-14/h2-3,5-10H2,1H3. The molecule has 0 N–H and O–H groups in total. The Bertz CT molecular complexity index is 258. The summed E-state index contributed by atoms with van der Waals surface area (Å²) in [6, 6.07) is 2.05. The smallest absolute Gasteiger partial charge is 0.223 e. The third-order valence-corrected chi connectivity index (χ3v) is 3.67. The molecule has 0 saturated carbocycles. The van der Waals surface area contributed by atoms with Crippen LogP contribution < -0.4 is 0 Å². The van der Waals surface area contributed by atoms with Crippen molar-refractivity contribution in [1.82, 2.24) is 9.80 Å². The van der Waals surface area contributed by atoms with Gasteiger partial charge in [-0.3, -0.25) is 4.79 Å². The van der Waals surface area contributed by atoms with E-state index in [0.717, 1.165) is 19.6 Å². The first-order chi connectivity index (χ1) is 7.74. The zero-order chi connectivity index (χ0) is 11.8. The first-order valence-electron chi connectivity index (χ1n) is 5.65. The maximum absolute atomic E-state index is 11.7. The SMILES string of the molecule is CN(CCC#N)C(=O)CCN1CCSCC1. The predicted octanol–water partition coefficient (Wildman–Crippen LogP) is 0.797. The Labute approximate surface area is 102 Å². The quantitative estimate of drug-likeness (QED) is 0.714. The Morgan fingerprint density at radius 1 is 1.50 bits per heavy atom. The molecule has 0 spiro atoms. The van der Waals surface area contributed by atoms with E-state index in [1.165, 1.54) is 11.5 Å². The highest BCUT2D eigenvalue weighted by Crippen LogP contribution is 2.09. The Hall–Kier alpha value is -0.730. The molecule has 1 rings (SSSR count). The molecule has 90 valence electrons. The van der Waals surface area contributed by atoms with Gasteiger partial charge in [-0.1, -0.05) is 0 Å². The minimum absolute atomic E-state index is 0.147. The van der Waals surface area contributed by atoms with E-state index in [4.69, 9.17) is 5.26 Å². The lowest BCUT2D eigenvalue weighted by atomic mass is 10.3. The number of hydrogen-bond acceptors (Lipinski definition) is 4. The summed E-state index contributed by atoms with van der Waals surface area (Å²) < 4.78 is 0. The van der Waals surface area contributed by atoms with Gasteiger partial charge in [0.2, 0.25) is 5.91 Å². The number of amides is 1. The fourth-order valence-electron chi connectivity index (χ4n) is 1.61. The number of carbonyl (C=O) groups excluding carboxylic acids is 1. The fraction of sp³-hybridized carbons (Fsp3) is 0.818. The zero-order valence-corrected chi connectivity index (χ0v) is 10.6. The summed E-state index contributed by atoms with van der Waals surface area (Å²) in [6.07, 6.45) is 0.995. The minimum Gasteiger partial charge on any atom is -0.345 e. The van der Waals surface area contributed by atoms with Crippen LogP contribution in [0.25, 0.3) is 0 Å². The van der Waals surface area contributed by atoms with Gasteiger partial charge in [-0.15, -0.1) is 0 Å². The Balaban J connectivity index is 2.15. The summed E-state index contributed by atoms with van der Waals surface area (Å²) in [5.74, 6) is 2.50. The van der Waals surface area contributed by atoms with Crippen LogP contribution >= 0.6 is 11.8 Å². The van der Waals surface area contributed by atoms with Crippen LogP contribution in [0.15, 0.2) is 0 Å². The van der Waals surface area contributed by atoms with Gasteiger partial charge in [0.1, 0.15) is 0 Å². The summed E-state index contributed by atoms with van der Waals surface area (Å²) in [6.45, 7) is 3.60. The largest absolute Gasteiger partial charge is 0.345 e. The predicted molar refractivity (Wildman–Crippen MR) is 66.2 cm³/mol. The van der Waals surface area contributed by atoms with Crippen LogP contribution in [0.4, 0.5) is 0 Å². The van der Waals surface area contributed by atoms with Crippen molar-refractivity contribution in [2.75, 3.05) is 44.7 Å². The normalized spacial score (nSPS) is 16.8. The summed E-state index contributed by atoms with van der Waals surface area (Å²) in [7, 11) is 1.77. The van der Waals surface area contributed by atoms with Crippen molar-refractivity contribution in [3.05, 3.63) is 0 Å². The van der Waals surface area contributed by atoms with Crippen molar-refractivity contribution >= 4 is 17.7 Å². The Kier molecular flexibility index (Phi) is 6.27. The topological polar surface area (TPSA) is 47.3 Å². The lowest BCUT2D eigenvalue weighted by Crippen LogP contribution is -2.36. The summed E-state index contributed by atoms with van der Waals surface area (Å²) in [4.78, 5) is 15.7. The number of rotatable bonds is 5. The summed E-state index contributed by atoms with van der Waals surface area (Å²) in [5.41, 5.74) is 0. The molecule has 16 heavy (non-hydrogen) atoms. The maximum Gasteiger partial charge on any atom is 0.223 e. The van der Waals surface area contributed by atoms with Crippen LogP contribution in [0.5, 0.6) is 0 Å². The summed E-state index contributed by atoms with van der Waals surface area (Å²) >= 11 is 1.98. The third kappa shape index (κ3) is 4.86. The molecule has 5 heteroatoms. The van der Waals surface area contributed by atoms with Crippen LogP contribution in [-0.2, 0) is 4.79 Å². The van der Waals surface area contributed by atoms with Crippen molar-refractivity contribution in [3.8, 4) is 6.07 Å². The molecule has 0 bridgehead atoms. The second kappa shape index (κ2) is 7.53.